The number of azide groups is 1. The molecule has 0 amide bonds. The molecule has 5 atom stereocenters. The number of carbonyl (C=O) groups excluding carboxylic acids is 1. The topological polar surface area (TPSA) is 123 Å². The molecule has 0 spiro atoms. The number of benzene rings is 1. The number of methoxy groups -OCH3 is 2. The van der Waals surface area contributed by atoms with Gasteiger partial charge >= 0.3 is 5.97 Å². The normalized spacial score (nSPS) is 20.6. The molecule has 1 fully saturated rings. The molecule has 0 saturated carbocycles. The van der Waals surface area contributed by atoms with Crippen LogP contribution in [0.25, 0.3) is 10.4 Å². The maximum Gasteiger partial charge on any atom is 0.309 e. The summed E-state index contributed by atoms with van der Waals surface area (Å²) in [5.74, 6) is 0.695. The Hall–Kier alpha value is -2.48. The summed E-state index contributed by atoms with van der Waals surface area (Å²) in [5.41, 5.74) is 9.84. The second-order valence-corrected chi connectivity index (χ2v) is 9.56. The van der Waals surface area contributed by atoms with Crippen molar-refractivity contribution in [2.75, 3.05) is 27.4 Å². The molecular formula is C25H39N3O6. The van der Waals surface area contributed by atoms with Crippen molar-refractivity contribution in [3.63, 3.8) is 0 Å². The molecule has 0 aliphatic carbocycles. The van der Waals surface area contributed by atoms with Crippen LogP contribution in [-0.4, -0.2) is 50.7 Å². The number of cyclic esters (lactones) is 1. The van der Waals surface area contributed by atoms with Gasteiger partial charge in [-0.2, -0.15) is 0 Å². The minimum absolute atomic E-state index is 0.0710. The summed E-state index contributed by atoms with van der Waals surface area (Å²) in [4.78, 5) is 15.3. The molecule has 0 aromatic heterocycles. The predicted molar refractivity (Wildman–Crippen MR) is 129 cm³/mol. The second-order valence-electron chi connectivity index (χ2n) is 9.56. The van der Waals surface area contributed by atoms with Crippen molar-refractivity contribution >= 4 is 5.97 Å². The van der Waals surface area contributed by atoms with Crippen molar-refractivity contribution in [2.45, 2.75) is 65.2 Å². The van der Waals surface area contributed by atoms with Crippen LogP contribution in [-0.2, 0) is 14.3 Å². The molecule has 1 heterocycles. The highest BCUT2D eigenvalue weighted by atomic mass is 16.6. The number of aliphatic hydroxyl groups excluding tert-OH is 1. The first-order valence-electron chi connectivity index (χ1n) is 11.9. The smallest absolute Gasteiger partial charge is 0.309 e. The number of rotatable bonds is 14. The number of hydrogen-bond donors (Lipinski definition) is 1. The zero-order chi connectivity index (χ0) is 25.3. The van der Waals surface area contributed by atoms with Gasteiger partial charge in [-0.3, -0.25) is 4.79 Å². The standard InChI is InChI=1S/C25H39N3O6/c1-15(2)20(13-22(27-28-26)23-14-21(16(3)4)25(30)34-23)24(29)17-10-18(32-6)12-19(11-17)33-9-7-8-31-5/h10-12,15-16,20-24,29H,7-9,13-14H2,1-6H3/t20-,21-,22-,23-,24?/m0/s1. The van der Waals surface area contributed by atoms with Crippen LogP contribution in [0, 0.1) is 23.7 Å². The van der Waals surface area contributed by atoms with Crippen molar-refractivity contribution in [1.82, 2.24) is 0 Å². The second kappa shape index (κ2) is 13.4. The van der Waals surface area contributed by atoms with E-state index >= 15 is 0 Å². The van der Waals surface area contributed by atoms with Gasteiger partial charge in [0.1, 0.15) is 17.6 Å². The van der Waals surface area contributed by atoms with Gasteiger partial charge in [-0.15, -0.1) is 0 Å². The molecule has 1 aromatic rings. The zero-order valence-corrected chi connectivity index (χ0v) is 21.1. The monoisotopic (exact) mass is 477 g/mol. The lowest BCUT2D eigenvalue weighted by atomic mass is 9.80. The quantitative estimate of drug-likeness (QED) is 0.131. The Kier molecular flexibility index (Phi) is 11.0. The van der Waals surface area contributed by atoms with Gasteiger partial charge in [-0.05, 0) is 53.8 Å². The predicted octanol–water partition coefficient (Wildman–Crippen LogP) is 5.07. The van der Waals surface area contributed by atoms with Crippen LogP contribution in [0.5, 0.6) is 11.5 Å². The fourth-order valence-corrected chi connectivity index (χ4v) is 4.40. The lowest BCUT2D eigenvalue weighted by Crippen LogP contribution is -2.31. The van der Waals surface area contributed by atoms with E-state index in [-0.39, 0.29) is 29.6 Å². The highest BCUT2D eigenvalue weighted by molar-refractivity contribution is 5.75. The van der Waals surface area contributed by atoms with E-state index in [1.165, 1.54) is 0 Å². The van der Waals surface area contributed by atoms with Crippen LogP contribution in [0.1, 0.15) is 58.6 Å². The van der Waals surface area contributed by atoms with Crippen molar-refractivity contribution in [3.05, 3.63) is 34.2 Å². The summed E-state index contributed by atoms with van der Waals surface area (Å²) < 4.78 is 21.9. The largest absolute Gasteiger partial charge is 0.497 e. The fraction of sp³-hybridized carbons (Fsp3) is 0.720. The number of carbonyl (C=O) groups is 1. The van der Waals surface area contributed by atoms with Crippen molar-refractivity contribution in [3.8, 4) is 11.5 Å². The summed E-state index contributed by atoms with van der Waals surface area (Å²) in [6.45, 7) is 9.07. The lowest BCUT2D eigenvalue weighted by molar-refractivity contribution is -0.146. The van der Waals surface area contributed by atoms with E-state index in [1.807, 2.05) is 33.8 Å². The van der Waals surface area contributed by atoms with Gasteiger partial charge in [0, 0.05) is 31.1 Å². The first kappa shape index (κ1) is 27.8. The highest BCUT2D eigenvalue weighted by Crippen LogP contribution is 2.39. The van der Waals surface area contributed by atoms with Crippen LogP contribution >= 0.6 is 0 Å². The first-order valence-corrected chi connectivity index (χ1v) is 11.9. The molecule has 1 N–H and O–H groups in total. The summed E-state index contributed by atoms with van der Waals surface area (Å²) in [5, 5.41) is 15.4. The zero-order valence-electron chi connectivity index (χ0n) is 21.1. The summed E-state index contributed by atoms with van der Waals surface area (Å²) in [7, 11) is 3.21. The van der Waals surface area contributed by atoms with E-state index in [1.54, 1.807) is 26.4 Å². The van der Waals surface area contributed by atoms with E-state index in [4.69, 9.17) is 18.9 Å². The van der Waals surface area contributed by atoms with Gasteiger partial charge in [0.25, 0.3) is 0 Å². The van der Waals surface area contributed by atoms with Gasteiger partial charge in [0.15, 0.2) is 0 Å². The molecule has 1 aliphatic rings. The van der Waals surface area contributed by atoms with E-state index in [0.717, 1.165) is 6.42 Å². The number of esters is 1. The van der Waals surface area contributed by atoms with E-state index in [2.05, 4.69) is 10.0 Å². The Balaban J connectivity index is 2.24. The lowest BCUT2D eigenvalue weighted by Gasteiger charge is -2.31. The molecule has 9 heteroatoms. The summed E-state index contributed by atoms with van der Waals surface area (Å²) in [6, 6.07) is 4.81. The van der Waals surface area contributed by atoms with Crippen molar-refractivity contribution in [1.29, 1.82) is 0 Å². The SMILES string of the molecule is COCCCOc1cc(OC)cc(C(O)[C@@H](C[C@H](N=[N+]=[N-])[C@@H]2C[C@@H](C(C)C)C(=O)O2)C(C)C)c1. The van der Waals surface area contributed by atoms with E-state index in [9.17, 15) is 15.4 Å². The van der Waals surface area contributed by atoms with Crippen LogP contribution < -0.4 is 9.47 Å². The summed E-state index contributed by atoms with van der Waals surface area (Å²) in [6.07, 6.45) is 0.290. The number of hydrogen-bond acceptors (Lipinski definition) is 7. The molecule has 1 saturated heterocycles. The highest BCUT2D eigenvalue weighted by Gasteiger charge is 2.41. The molecule has 190 valence electrons. The third kappa shape index (κ3) is 7.52. The van der Waals surface area contributed by atoms with E-state index < -0.39 is 18.2 Å². The molecule has 9 nitrogen and oxygen atoms in total. The van der Waals surface area contributed by atoms with Gasteiger partial charge in [0.2, 0.25) is 0 Å². The number of aliphatic hydroxyl groups is 1. The Morgan fingerprint density at radius 3 is 2.44 bits per heavy atom. The average molecular weight is 478 g/mol. The van der Waals surface area contributed by atoms with Crippen molar-refractivity contribution < 1.29 is 28.8 Å². The van der Waals surface area contributed by atoms with Crippen LogP contribution in [0.3, 0.4) is 0 Å². The van der Waals surface area contributed by atoms with Crippen molar-refractivity contribution in [2.24, 2.45) is 28.8 Å². The van der Waals surface area contributed by atoms with Crippen LogP contribution in [0.4, 0.5) is 0 Å². The average Bonchev–Trinajstić information content (AvgIpc) is 3.20. The number of nitrogens with zero attached hydrogens (tertiary/aromatic N) is 3. The minimum Gasteiger partial charge on any atom is -0.497 e. The molecule has 1 aromatic carbocycles. The number of ether oxygens (including phenoxy) is 4. The van der Waals surface area contributed by atoms with Gasteiger partial charge < -0.3 is 24.1 Å². The molecule has 1 unspecified atom stereocenters. The molecule has 0 radical (unpaired) electrons. The maximum atomic E-state index is 12.3. The fourth-order valence-electron chi connectivity index (χ4n) is 4.40. The van der Waals surface area contributed by atoms with E-state index in [0.29, 0.717) is 43.1 Å². The van der Waals surface area contributed by atoms with Gasteiger partial charge in [-0.25, -0.2) is 0 Å². The van der Waals surface area contributed by atoms with Gasteiger partial charge in [0.05, 0.1) is 31.8 Å². The Bertz CT molecular complexity index is 840. The Labute approximate surface area is 202 Å². The molecular weight excluding hydrogens is 438 g/mol. The molecule has 0 bridgehead atoms. The third-order valence-electron chi connectivity index (χ3n) is 6.51. The van der Waals surface area contributed by atoms with Crippen LogP contribution in [0.15, 0.2) is 23.3 Å². The molecule has 2 rings (SSSR count). The van der Waals surface area contributed by atoms with Crippen LogP contribution in [0.2, 0.25) is 0 Å². The van der Waals surface area contributed by atoms with Gasteiger partial charge in [-0.1, -0.05) is 32.8 Å². The first-order chi connectivity index (χ1) is 16.2. The maximum absolute atomic E-state index is 12.3. The molecule has 1 aliphatic heterocycles. The molecule has 34 heavy (non-hydrogen) atoms. The third-order valence-corrected chi connectivity index (χ3v) is 6.51. The minimum atomic E-state index is -0.856. The Morgan fingerprint density at radius 1 is 1.18 bits per heavy atom. The summed E-state index contributed by atoms with van der Waals surface area (Å²) >= 11 is 0. The Morgan fingerprint density at radius 2 is 1.88 bits per heavy atom.